The Balaban J connectivity index is 1.34. The molecule has 2 aliphatic heterocycles. The molecule has 0 bridgehead atoms. The van der Waals surface area contributed by atoms with Crippen LogP contribution in [0, 0.1) is 5.82 Å². The van der Waals surface area contributed by atoms with Gasteiger partial charge in [0, 0.05) is 28.9 Å². The maximum Gasteiger partial charge on any atom is 0.247 e. The first-order chi connectivity index (χ1) is 17.0. The molecule has 2 aromatic carbocycles. The van der Waals surface area contributed by atoms with Crippen molar-refractivity contribution in [2.75, 3.05) is 5.73 Å². The van der Waals surface area contributed by atoms with Gasteiger partial charge in [-0.25, -0.2) is 9.37 Å². The summed E-state index contributed by atoms with van der Waals surface area (Å²) in [4.78, 5) is 23.1. The Morgan fingerprint density at radius 2 is 2.03 bits per heavy atom. The number of carbonyl (C=O) groups excluding carboxylic acids is 1. The summed E-state index contributed by atoms with van der Waals surface area (Å²) in [5, 5.41) is 11.1. The van der Waals surface area contributed by atoms with E-state index in [0.717, 1.165) is 24.1 Å². The Hall–Kier alpha value is -4.05. The van der Waals surface area contributed by atoms with Gasteiger partial charge in [-0.05, 0) is 53.5 Å². The molecule has 1 amide bonds. The second kappa shape index (κ2) is 8.31. The van der Waals surface area contributed by atoms with Gasteiger partial charge >= 0.3 is 0 Å². The van der Waals surface area contributed by atoms with Gasteiger partial charge in [0.1, 0.15) is 12.2 Å². The van der Waals surface area contributed by atoms with E-state index in [0.29, 0.717) is 29.2 Å². The van der Waals surface area contributed by atoms with E-state index in [1.54, 1.807) is 12.3 Å². The Morgan fingerprint density at radius 1 is 1.17 bits per heavy atom. The fraction of sp³-hybridized carbons (Fsp3) is 0.208. The number of hydrogen-bond donors (Lipinski definition) is 2. The highest BCUT2D eigenvalue weighted by Crippen LogP contribution is 2.44. The van der Waals surface area contributed by atoms with Crippen molar-refractivity contribution in [1.82, 2.24) is 35.1 Å². The Bertz CT molecular complexity index is 1460. The number of anilines is 1. The van der Waals surface area contributed by atoms with Crippen LogP contribution in [0.1, 0.15) is 36.7 Å². The molecule has 6 rings (SSSR count). The highest BCUT2D eigenvalue weighted by atomic mass is 35.5. The van der Waals surface area contributed by atoms with Crippen LogP contribution < -0.4 is 5.73 Å². The minimum atomic E-state index is -0.599. The third kappa shape index (κ3) is 3.57. The first kappa shape index (κ1) is 21.5. The molecule has 1 saturated heterocycles. The van der Waals surface area contributed by atoms with Crippen LogP contribution in [0.15, 0.2) is 55.0 Å². The predicted molar refractivity (Wildman–Crippen MR) is 128 cm³/mol. The molecule has 4 aromatic rings. The monoisotopic (exact) mass is 490 g/mol. The summed E-state index contributed by atoms with van der Waals surface area (Å²) in [5.74, 6) is -0.0879. The lowest BCUT2D eigenvalue weighted by Crippen LogP contribution is -2.39. The molecule has 2 aliphatic rings. The normalized spacial score (nSPS) is 19.7. The van der Waals surface area contributed by atoms with Gasteiger partial charge < -0.3 is 15.6 Å². The quantitative estimate of drug-likeness (QED) is 0.418. The summed E-state index contributed by atoms with van der Waals surface area (Å²) >= 11 is 6.10. The Morgan fingerprint density at radius 3 is 2.83 bits per heavy atom. The summed E-state index contributed by atoms with van der Waals surface area (Å²) in [5.41, 5.74) is 9.65. The summed E-state index contributed by atoms with van der Waals surface area (Å²) < 4.78 is 16.6. The number of aromatic nitrogens is 6. The zero-order valence-electron chi connectivity index (χ0n) is 18.4. The first-order valence-electron chi connectivity index (χ1n) is 11.2. The van der Waals surface area contributed by atoms with Crippen LogP contribution in [-0.2, 0) is 4.79 Å². The minimum absolute atomic E-state index is 0.0276. The van der Waals surface area contributed by atoms with E-state index in [-0.39, 0.29) is 28.6 Å². The number of nitrogens with one attached hydrogen (secondary N) is 1. The number of rotatable bonds is 4. The van der Waals surface area contributed by atoms with Crippen LogP contribution >= 0.6 is 11.6 Å². The Labute approximate surface area is 204 Å². The predicted octanol–water partition coefficient (Wildman–Crippen LogP) is 3.95. The number of amides is 1. The number of nitrogens with zero attached hydrogens (tertiary/aromatic N) is 6. The Kier molecular flexibility index (Phi) is 5.10. The van der Waals surface area contributed by atoms with Crippen molar-refractivity contribution in [2.24, 2.45) is 0 Å². The van der Waals surface area contributed by atoms with Crippen molar-refractivity contribution in [3.8, 4) is 16.9 Å². The summed E-state index contributed by atoms with van der Waals surface area (Å²) in [6.07, 6.45) is 6.59. The number of imidazole rings is 1. The number of carbonyl (C=O) groups is 1. The van der Waals surface area contributed by atoms with Crippen molar-refractivity contribution >= 4 is 28.8 Å². The SMILES string of the molecule is Nc1ccccc1-c1cnc([C@@H]2CC[C@H]3CC(c4c(-n5cnnn5)ccc(Cl)c4F)=CC(=O)N32)[nH]1. The molecule has 1 fully saturated rings. The summed E-state index contributed by atoms with van der Waals surface area (Å²) in [6.45, 7) is 0. The molecule has 35 heavy (non-hydrogen) atoms. The highest BCUT2D eigenvalue weighted by molar-refractivity contribution is 6.31. The van der Waals surface area contributed by atoms with E-state index in [4.69, 9.17) is 17.3 Å². The maximum atomic E-state index is 15.2. The zero-order chi connectivity index (χ0) is 24.1. The number of nitrogen functional groups attached to an aromatic ring is 1. The van der Waals surface area contributed by atoms with Gasteiger partial charge in [-0.15, -0.1) is 5.10 Å². The van der Waals surface area contributed by atoms with Crippen molar-refractivity contribution in [3.05, 3.63) is 77.2 Å². The summed E-state index contributed by atoms with van der Waals surface area (Å²) in [7, 11) is 0. The van der Waals surface area contributed by atoms with Crippen LogP contribution in [0.3, 0.4) is 0 Å². The molecule has 9 nitrogen and oxygen atoms in total. The van der Waals surface area contributed by atoms with Gasteiger partial charge in [0.25, 0.3) is 0 Å². The van der Waals surface area contributed by atoms with Gasteiger partial charge in [-0.1, -0.05) is 29.8 Å². The molecule has 0 unspecified atom stereocenters. The molecule has 0 saturated carbocycles. The van der Waals surface area contributed by atoms with E-state index >= 15 is 4.39 Å². The van der Waals surface area contributed by atoms with Crippen LogP contribution in [-0.4, -0.2) is 47.0 Å². The highest BCUT2D eigenvalue weighted by Gasteiger charge is 2.42. The molecule has 0 radical (unpaired) electrons. The standard InChI is InChI=1S/C24H20ClFN8O/c25-16-6-8-19(33-12-29-31-32-33)22(23(16)26)13-9-14-5-7-20(34(14)21(35)10-13)24-28-11-18(30-24)15-3-1-2-4-17(15)27/h1-4,6,8,10-12,14,20H,5,7,9,27H2,(H,28,30)/t14-,20-/m0/s1. The number of aromatic amines is 1. The molecule has 176 valence electrons. The minimum Gasteiger partial charge on any atom is -0.398 e. The largest absolute Gasteiger partial charge is 0.398 e. The lowest BCUT2D eigenvalue weighted by Gasteiger charge is -2.33. The second-order valence-electron chi connectivity index (χ2n) is 8.65. The lowest BCUT2D eigenvalue weighted by atomic mass is 9.92. The van der Waals surface area contributed by atoms with Gasteiger partial charge in [0.2, 0.25) is 5.91 Å². The van der Waals surface area contributed by atoms with E-state index in [1.807, 2.05) is 29.2 Å². The topological polar surface area (TPSA) is 119 Å². The molecule has 2 aromatic heterocycles. The van der Waals surface area contributed by atoms with Gasteiger partial charge in [0.05, 0.1) is 28.6 Å². The number of para-hydroxylation sites is 1. The van der Waals surface area contributed by atoms with Gasteiger partial charge in [-0.3, -0.25) is 4.79 Å². The third-order valence-electron chi connectivity index (χ3n) is 6.66. The fourth-order valence-electron chi connectivity index (χ4n) is 5.09. The van der Waals surface area contributed by atoms with E-state index < -0.39 is 5.82 Å². The van der Waals surface area contributed by atoms with Gasteiger partial charge in [0.15, 0.2) is 5.82 Å². The molecule has 3 N–H and O–H groups in total. The number of tetrazole rings is 1. The van der Waals surface area contributed by atoms with Gasteiger partial charge in [-0.2, -0.15) is 4.68 Å². The van der Waals surface area contributed by atoms with Crippen molar-refractivity contribution < 1.29 is 9.18 Å². The molecule has 2 atom stereocenters. The van der Waals surface area contributed by atoms with Crippen LogP contribution in [0.25, 0.3) is 22.5 Å². The second-order valence-corrected chi connectivity index (χ2v) is 9.05. The smallest absolute Gasteiger partial charge is 0.247 e. The van der Waals surface area contributed by atoms with Crippen molar-refractivity contribution in [2.45, 2.75) is 31.3 Å². The summed E-state index contributed by atoms with van der Waals surface area (Å²) in [6, 6.07) is 10.3. The van der Waals surface area contributed by atoms with E-state index in [1.165, 1.54) is 23.2 Å². The number of H-pyrrole nitrogens is 1. The van der Waals surface area contributed by atoms with Crippen molar-refractivity contribution in [3.63, 3.8) is 0 Å². The lowest BCUT2D eigenvalue weighted by molar-refractivity contribution is -0.129. The molecule has 4 heterocycles. The number of hydrogen-bond acceptors (Lipinski definition) is 6. The number of halogens is 2. The molecule has 11 heteroatoms. The molecule has 0 spiro atoms. The maximum absolute atomic E-state index is 15.2. The van der Waals surface area contributed by atoms with Crippen LogP contribution in [0.5, 0.6) is 0 Å². The number of nitrogens with two attached hydrogens (primary N) is 1. The van der Waals surface area contributed by atoms with Crippen LogP contribution in [0.2, 0.25) is 5.02 Å². The average molecular weight is 491 g/mol. The van der Waals surface area contributed by atoms with Crippen LogP contribution in [0.4, 0.5) is 10.1 Å². The number of benzene rings is 2. The van der Waals surface area contributed by atoms with E-state index in [9.17, 15) is 4.79 Å². The fourth-order valence-corrected chi connectivity index (χ4v) is 5.25. The van der Waals surface area contributed by atoms with Crippen molar-refractivity contribution in [1.29, 1.82) is 0 Å². The van der Waals surface area contributed by atoms with E-state index in [2.05, 4.69) is 25.5 Å². The third-order valence-corrected chi connectivity index (χ3v) is 6.95. The average Bonchev–Trinajstić information content (AvgIpc) is 3.61. The zero-order valence-corrected chi connectivity index (χ0v) is 19.2. The molecular formula is C24H20ClFN8O. The number of fused-ring (bicyclic) bond motifs is 1. The molecular weight excluding hydrogens is 471 g/mol. The first-order valence-corrected chi connectivity index (χ1v) is 11.5. The molecule has 0 aliphatic carbocycles.